The Morgan fingerprint density at radius 3 is 2.50 bits per heavy atom. The summed E-state index contributed by atoms with van der Waals surface area (Å²) in [4.78, 5) is 41.0. The van der Waals surface area contributed by atoms with Crippen LogP contribution in [0.3, 0.4) is 0 Å². The summed E-state index contributed by atoms with van der Waals surface area (Å²) in [5, 5.41) is 16.9. The number of hydrogen-bond acceptors (Lipinski definition) is 6. The van der Waals surface area contributed by atoms with E-state index in [1.165, 1.54) is 28.8 Å². The number of unbranched alkanes of at least 4 members (excludes halogenated alkanes) is 1. The van der Waals surface area contributed by atoms with Crippen molar-refractivity contribution in [2.24, 2.45) is 7.05 Å². The van der Waals surface area contributed by atoms with Gasteiger partial charge < -0.3 is 15.2 Å². The van der Waals surface area contributed by atoms with Gasteiger partial charge in [0, 0.05) is 47.9 Å². The lowest BCUT2D eigenvalue weighted by Gasteiger charge is -2.15. The minimum absolute atomic E-state index is 0.0485. The SMILES string of the molecule is CCCCc1ccccc1C(=O)Nc1cccc(-c2cn(C)c(=O)c(Nc3ccc([N+](=O)[O-])cc3)n2)c1C. The lowest BCUT2D eigenvalue weighted by atomic mass is 10.0. The molecule has 0 saturated carbocycles. The Morgan fingerprint density at radius 1 is 1.05 bits per heavy atom. The standard InChI is InChI=1S/C29H29N5O4/c1-4-5-9-20-10-6-7-11-24(20)28(35)32-25-13-8-12-23(19(25)2)26-18-33(3)29(36)27(31-26)30-21-14-16-22(17-15-21)34(37)38/h6-8,10-18H,4-5,9H2,1-3H3,(H,30,31)(H,32,35). The van der Waals surface area contributed by atoms with Crippen LogP contribution in [0.25, 0.3) is 11.3 Å². The van der Waals surface area contributed by atoms with E-state index in [0.717, 1.165) is 36.0 Å². The van der Waals surface area contributed by atoms with Gasteiger partial charge in [-0.3, -0.25) is 19.7 Å². The van der Waals surface area contributed by atoms with Crippen LogP contribution < -0.4 is 16.2 Å². The number of hydrogen-bond donors (Lipinski definition) is 2. The highest BCUT2D eigenvalue weighted by molar-refractivity contribution is 6.06. The van der Waals surface area contributed by atoms with E-state index in [1.54, 1.807) is 13.2 Å². The average molecular weight is 512 g/mol. The molecule has 2 N–H and O–H groups in total. The minimum Gasteiger partial charge on any atom is -0.336 e. The number of benzene rings is 3. The molecule has 1 amide bonds. The highest BCUT2D eigenvalue weighted by atomic mass is 16.6. The number of aromatic nitrogens is 2. The molecule has 0 radical (unpaired) electrons. The summed E-state index contributed by atoms with van der Waals surface area (Å²) in [6.45, 7) is 4.02. The summed E-state index contributed by atoms with van der Waals surface area (Å²) in [6, 6.07) is 18.9. The van der Waals surface area contributed by atoms with E-state index >= 15 is 0 Å². The van der Waals surface area contributed by atoms with Crippen LogP contribution in [0.1, 0.15) is 41.3 Å². The number of nitrogens with one attached hydrogen (secondary N) is 2. The molecule has 38 heavy (non-hydrogen) atoms. The Balaban J connectivity index is 1.64. The van der Waals surface area contributed by atoms with Crippen molar-refractivity contribution in [2.75, 3.05) is 10.6 Å². The quantitative estimate of drug-likeness (QED) is 0.210. The first-order chi connectivity index (χ1) is 18.3. The van der Waals surface area contributed by atoms with Crippen molar-refractivity contribution in [3.63, 3.8) is 0 Å². The van der Waals surface area contributed by atoms with Gasteiger partial charge >= 0.3 is 0 Å². The molecule has 0 aliphatic heterocycles. The number of anilines is 3. The van der Waals surface area contributed by atoms with E-state index in [0.29, 0.717) is 22.6 Å². The molecule has 3 aromatic carbocycles. The predicted molar refractivity (Wildman–Crippen MR) is 149 cm³/mol. The molecule has 0 spiro atoms. The maximum atomic E-state index is 13.2. The van der Waals surface area contributed by atoms with Crippen molar-refractivity contribution >= 4 is 28.8 Å². The number of rotatable bonds is 9. The maximum Gasteiger partial charge on any atom is 0.293 e. The average Bonchev–Trinajstić information content (AvgIpc) is 2.91. The van der Waals surface area contributed by atoms with Gasteiger partial charge in [0.2, 0.25) is 0 Å². The maximum absolute atomic E-state index is 13.2. The van der Waals surface area contributed by atoms with Crippen LogP contribution in [0.5, 0.6) is 0 Å². The van der Waals surface area contributed by atoms with Gasteiger partial charge in [0.05, 0.1) is 10.6 Å². The molecule has 9 nitrogen and oxygen atoms in total. The third kappa shape index (κ3) is 5.78. The normalized spacial score (nSPS) is 10.7. The zero-order valence-electron chi connectivity index (χ0n) is 21.5. The summed E-state index contributed by atoms with van der Waals surface area (Å²) in [7, 11) is 1.63. The molecular formula is C29H29N5O4. The number of nitro groups is 1. The zero-order valence-corrected chi connectivity index (χ0v) is 21.5. The van der Waals surface area contributed by atoms with E-state index in [-0.39, 0.29) is 23.0 Å². The number of amides is 1. The monoisotopic (exact) mass is 511 g/mol. The number of non-ortho nitro benzene ring substituents is 1. The smallest absolute Gasteiger partial charge is 0.293 e. The molecule has 0 bridgehead atoms. The van der Waals surface area contributed by atoms with Gasteiger partial charge in [-0.2, -0.15) is 0 Å². The Bertz CT molecular complexity index is 1540. The van der Waals surface area contributed by atoms with Gasteiger partial charge in [-0.15, -0.1) is 0 Å². The third-order valence-electron chi connectivity index (χ3n) is 6.33. The molecule has 0 aliphatic rings. The summed E-state index contributed by atoms with van der Waals surface area (Å²) < 4.78 is 1.42. The fourth-order valence-electron chi connectivity index (χ4n) is 4.19. The second-order valence-corrected chi connectivity index (χ2v) is 9.01. The summed E-state index contributed by atoms with van der Waals surface area (Å²) in [5.41, 5.74) is 4.51. The van der Waals surface area contributed by atoms with Crippen LogP contribution in [-0.4, -0.2) is 20.4 Å². The Morgan fingerprint density at radius 2 is 1.79 bits per heavy atom. The van der Waals surface area contributed by atoms with Crippen LogP contribution in [0.4, 0.5) is 22.9 Å². The zero-order chi connectivity index (χ0) is 27.2. The van der Waals surface area contributed by atoms with Gasteiger partial charge in [-0.1, -0.05) is 43.7 Å². The van der Waals surface area contributed by atoms with Gasteiger partial charge in [0.15, 0.2) is 5.82 Å². The lowest BCUT2D eigenvalue weighted by molar-refractivity contribution is -0.384. The van der Waals surface area contributed by atoms with Gasteiger partial charge in [-0.25, -0.2) is 4.98 Å². The van der Waals surface area contributed by atoms with E-state index < -0.39 is 4.92 Å². The number of nitrogens with zero attached hydrogens (tertiary/aromatic N) is 3. The molecule has 0 atom stereocenters. The summed E-state index contributed by atoms with van der Waals surface area (Å²) in [6.07, 6.45) is 4.53. The molecule has 4 aromatic rings. The van der Waals surface area contributed by atoms with Crippen molar-refractivity contribution in [3.8, 4) is 11.3 Å². The predicted octanol–water partition coefficient (Wildman–Crippen LogP) is 6.00. The van der Waals surface area contributed by atoms with E-state index in [4.69, 9.17) is 0 Å². The molecule has 0 aliphatic carbocycles. The molecule has 9 heteroatoms. The third-order valence-corrected chi connectivity index (χ3v) is 6.33. The van der Waals surface area contributed by atoms with Gasteiger partial charge in [0.25, 0.3) is 17.2 Å². The van der Waals surface area contributed by atoms with Crippen LogP contribution in [-0.2, 0) is 13.5 Å². The molecule has 1 aromatic heterocycles. The first kappa shape index (κ1) is 26.3. The van der Waals surface area contributed by atoms with Crippen LogP contribution in [0.2, 0.25) is 0 Å². The molecule has 0 fully saturated rings. The van der Waals surface area contributed by atoms with Crippen molar-refractivity contribution in [1.82, 2.24) is 9.55 Å². The van der Waals surface area contributed by atoms with E-state index in [9.17, 15) is 19.7 Å². The first-order valence-electron chi connectivity index (χ1n) is 12.4. The molecule has 0 unspecified atom stereocenters. The van der Waals surface area contributed by atoms with Crippen LogP contribution >= 0.6 is 0 Å². The molecule has 194 valence electrons. The largest absolute Gasteiger partial charge is 0.336 e. The summed E-state index contributed by atoms with van der Waals surface area (Å²) in [5.74, 6) is -0.0940. The van der Waals surface area contributed by atoms with Crippen molar-refractivity contribution in [2.45, 2.75) is 33.1 Å². The second-order valence-electron chi connectivity index (χ2n) is 9.01. The van der Waals surface area contributed by atoms with E-state index in [1.807, 2.05) is 49.4 Å². The fourth-order valence-corrected chi connectivity index (χ4v) is 4.19. The van der Waals surface area contributed by atoms with Gasteiger partial charge in [0.1, 0.15) is 0 Å². The van der Waals surface area contributed by atoms with Crippen LogP contribution in [0, 0.1) is 17.0 Å². The number of carbonyl (C=O) groups excluding carboxylic acids is 1. The molecule has 1 heterocycles. The van der Waals surface area contributed by atoms with Crippen LogP contribution in [0.15, 0.2) is 77.7 Å². The molecule has 0 saturated heterocycles. The van der Waals surface area contributed by atoms with Crippen molar-refractivity contribution in [1.29, 1.82) is 0 Å². The second kappa shape index (κ2) is 11.5. The highest BCUT2D eigenvalue weighted by Gasteiger charge is 2.16. The van der Waals surface area contributed by atoms with E-state index in [2.05, 4.69) is 22.5 Å². The van der Waals surface area contributed by atoms with Gasteiger partial charge in [-0.05, 0) is 55.2 Å². The lowest BCUT2D eigenvalue weighted by Crippen LogP contribution is -2.21. The fraction of sp³-hybridized carbons (Fsp3) is 0.207. The summed E-state index contributed by atoms with van der Waals surface area (Å²) >= 11 is 0. The Hall–Kier alpha value is -4.79. The Kier molecular flexibility index (Phi) is 7.96. The van der Waals surface area contributed by atoms with Crippen molar-refractivity contribution in [3.05, 3.63) is 110 Å². The molecular weight excluding hydrogens is 482 g/mol. The first-order valence-corrected chi connectivity index (χ1v) is 12.4. The Labute approximate surface area is 220 Å². The highest BCUT2D eigenvalue weighted by Crippen LogP contribution is 2.29. The minimum atomic E-state index is -0.486. The number of carbonyl (C=O) groups is 1. The molecule has 4 rings (SSSR count). The number of nitro benzene ring substituents is 1. The number of aryl methyl sites for hydroxylation is 2. The topological polar surface area (TPSA) is 119 Å². The van der Waals surface area contributed by atoms with Crippen molar-refractivity contribution < 1.29 is 9.72 Å².